The van der Waals surface area contributed by atoms with Crippen molar-refractivity contribution in [3.8, 4) is 5.75 Å². The molecular formula is C14H21BrN2O3S. The van der Waals surface area contributed by atoms with E-state index in [1.54, 1.807) is 10.4 Å². The second kappa shape index (κ2) is 6.54. The maximum Gasteiger partial charge on any atom is 0.247 e. The minimum absolute atomic E-state index is 0.0783. The minimum Gasteiger partial charge on any atom is -0.495 e. The molecule has 1 fully saturated rings. The Morgan fingerprint density at radius 3 is 2.52 bits per heavy atom. The van der Waals surface area contributed by atoms with E-state index in [4.69, 9.17) is 10.5 Å². The van der Waals surface area contributed by atoms with Crippen molar-refractivity contribution in [2.45, 2.75) is 43.5 Å². The summed E-state index contributed by atoms with van der Waals surface area (Å²) in [5.74, 6) is 0.313. The predicted molar refractivity (Wildman–Crippen MR) is 86.9 cm³/mol. The molecule has 21 heavy (non-hydrogen) atoms. The molecule has 7 heteroatoms. The molecule has 0 heterocycles. The standard InChI is InChI=1S/C14H21BrN2O3S/c1-3-17(10-6-4-5-7-10)21(18,19)14-9-12(16)11(15)8-13(14)20-2/h8-10H,3-7,16H2,1-2H3. The molecule has 1 aromatic carbocycles. The zero-order valence-electron chi connectivity index (χ0n) is 12.3. The Balaban J connectivity index is 2.49. The summed E-state index contributed by atoms with van der Waals surface area (Å²) in [5, 5.41) is 0. The Kier molecular flexibility index (Phi) is 5.16. The normalized spacial score (nSPS) is 16.6. The van der Waals surface area contributed by atoms with Gasteiger partial charge in [0.15, 0.2) is 0 Å². The molecule has 0 saturated heterocycles. The lowest BCUT2D eigenvalue weighted by Gasteiger charge is -2.27. The Morgan fingerprint density at radius 1 is 1.38 bits per heavy atom. The number of benzene rings is 1. The second-order valence-electron chi connectivity index (χ2n) is 5.17. The molecule has 0 aromatic heterocycles. The van der Waals surface area contributed by atoms with E-state index >= 15 is 0 Å². The van der Waals surface area contributed by atoms with Crippen LogP contribution in [0.15, 0.2) is 21.5 Å². The molecule has 118 valence electrons. The van der Waals surface area contributed by atoms with Gasteiger partial charge < -0.3 is 10.5 Å². The number of methoxy groups -OCH3 is 1. The van der Waals surface area contributed by atoms with E-state index < -0.39 is 10.0 Å². The third-order valence-electron chi connectivity index (χ3n) is 3.91. The largest absolute Gasteiger partial charge is 0.495 e. The smallest absolute Gasteiger partial charge is 0.247 e. The fraction of sp³-hybridized carbons (Fsp3) is 0.571. The lowest BCUT2D eigenvalue weighted by atomic mass is 10.2. The van der Waals surface area contributed by atoms with Crippen molar-refractivity contribution in [2.24, 2.45) is 0 Å². The van der Waals surface area contributed by atoms with Gasteiger partial charge in [-0.05, 0) is 40.9 Å². The van der Waals surface area contributed by atoms with E-state index in [0.717, 1.165) is 25.7 Å². The van der Waals surface area contributed by atoms with E-state index in [-0.39, 0.29) is 10.9 Å². The number of anilines is 1. The predicted octanol–water partition coefficient (Wildman–Crippen LogP) is 2.99. The van der Waals surface area contributed by atoms with Crippen molar-refractivity contribution in [3.63, 3.8) is 0 Å². The zero-order chi connectivity index (χ0) is 15.6. The topological polar surface area (TPSA) is 72.6 Å². The highest BCUT2D eigenvalue weighted by Crippen LogP contribution is 2.36. The van der Waals surface area contributed by atoms with Gasteiger partial charge >= 0.3 is 0 Å². The third-order valence-corrected chi connectivity index (χ3v) is 6.65. The van der Waals surface area contributed by atoms with E-state index in [9.17, 15) is 8.42 Å². The SMILES string of the molecule is CCN(C1CCCC1)S(=O)(=O)c1cc(N)c(Br)cc1OC. The summed E-state index contributed by atoms with van der Waals surface area (Å²) in [4.78, 5) is 0.138. The molecule has 1 aliphatic carbocycles. The first-order valence-corrected chi connectivity index (χ1v) is 9.30. The van der Waals surface area contributed by atoms with Crippen LogP contribution in [-0.2, 0) is 10.0 Å². The van der Waals surface area contributed by atoms with Crippen LogP contribution in [0, 0.1) is 0 Å². The minimum atomic E-state index is -3.61. The molecule has 5 nitrogen and oxygen atoms in total. The first-order chi connectivity index (χ1) is 9.91. The van der Waals surface area contributed by atoms with Gasteiger partial charge in [-0.1, -0.05) is 19.8 Å². The highest BCUT2D eigenvalue weighted by molar-refractivity contribution is 9.10. The average Bonchev–Trinajstić information content (AvgIpc) is 2.95. The summed E-state index contributed by atoms with van der Waals surface area (Å²) in [7, 11) is -2.15. The van der Waals surface area contributed by atoms with Crippen LogP contribution in [0.2, 0.25) is 0 Å². The van der Waals surface area contributed by atoms with Crippen molar-refractivity contribution >= 4 is 31.6 Å². The third kappa shape index (κ3) is 3.19. The highest BCUT2D eigenvalue weighted by atomic mass is 79.9. The van der Waals surface area contributed by atoms with E-state index in [1.807, 2.05) is 6.92 Å². The molecule has 1 aromatic rings. The molecule has 0 aliphatic heterocycles. The van der Waals surface area contributed by atoms with Gasteiger partial charge in [-0.15, -0.1) is 0 Å². The Hall–Kier alpha value is -0.790. The number of halogens is 1. The van der Waals surface area contributed by atoms with Gasteiger partial charge in [-0.3, -0.25) is 0 Å². The molecular weight excluding hydrogens is 356 g/mol. The fourth-order valence-electron chi connectivity index (χ4n) is 2.85. The van der Waals surface area contributed by atoms with Crippen molar-refractivity contribution in [1.82, 2.24) is 4.31 Å². The molecule has 0 atom stereocenters. The molecule has 0 amide bonds. The van der Waals surface area contributed by atoms with Crippen LogP contribution in [0.1, 0.15) is 32.6 Å². The van der Waals surface area contributed by atoms with Crippen LogP contribution < -0.4 is 10.5 Å². The first kappa shape index (κ1) is 16.6. The number of nitrogen functional groups attached to an aromatic ring is 1. The Labute approximate surface area is 134 Å². The molecule has 2 rings (SSSR count). The maximum absolute atomic E-state index is 13.0. The summed E-state index contributed by atoms with van der Waals surface area (Å²) in [6.07, 6.45) is 4.00. The van der Waals surface area contributed by atoms with Gasteiger partial charge in [-0.2, -0.15) is 4.31 Å². The number of rotatable bonds is 5. The number of ether oxygens (including phenoxy) is 1. The van der Waals surface area contributed by atoms with Crippen molar-refractivity contribution in [3.05, 3.63) is 16.6 Å². The van der Waals surface area contributed by atoms with Gasteiger partial charge in [0.2, 0.25) is 10.0 Å². The van der Waals surface area contributed by atoms with Gasteiger partial charge in [0, 0.05) is 22.7 Å². The summed E-state index contributed by atoms with van der Waals surface area (Å²) in [5.41, 5.74) is 6.24. The lowest BCUT2D eigenvalue weighted by molar-refractivity contribution is 0.332. The number of hydrogen-bond donors (Lipinski definition) is 1. The number of sulfonamides is 1. The summed E-state index contributed by atoms with van der Waals surface area (Å²) in [6.45, 7) is 2.32. The first-order valence-electron chi connectivity index (χ1n) is 7.06. The van der Waals surface area contributed by atoms with Gasteiger partial charge in [0.25, 0.3) is 0 Å². The highest BCUT2D eigenvalue weighted by Gasteiger charge is 2.34. The Bertz CT molecular complexity index is 613. The summed E-state index contributed by atoms with van der Waals surface area (Å²) in [6, 6.07) is 3.15. The molecule has 0 spiro atoms. The zero-order valence-corrected chi connectivity index (χ0v) is 14.7. The second-order valence-corrected chi connectivity index (χ2v) is 7.88. The van der Waals surface area contributed by atoms with E-state index in [1.165, 1.54) is 13.2 Å². The quantitative estimate of drug-likeness (QED) is 0.801. The molecule has 2 N–H and O–H groups in total. The van der Waals surface area contributed by atoms with Crippen LogP contribution >= 0.6 is 15.9 Å². The van der Waals surface area contributed by atoms with Crippen molar-refractivity contribution < 1.29 is 13.2 Å². The van der Waals surface area contributed by atoms with Crippen LogP contribution in [-0.4, -0.2) is 32.4 Å². The summed E-state index contributed by atoms with van der Waals surface area (Å²) >= 11 is 3.29. The fourth-order valence-corrected chi connectivity index (χ4v) is 5.05. The van der Waals surface area contributed by atoms with E-state index in [2.05, 4.69) is 15.9 Å². The molecule has 0 bridgehead atoms. The van der Waals surface area contributed by atoms with Crippen molar-refractivity contribution in [2.75, 3.05) is 19.4 Å². The number of hydrogen-bond acceptors (Lipinski definition) is 4. The van der Waals surface area contributed by atoms with Gasteiger partial charge in [0.05, 0.1) is 7.11 Å². The van der Waals surface area contributed by atoms with Crippen molar-refractivity contribution in [1.29, 1.82) is 0 Å². The summed E-state index contributed by atoms with van der Waals surface area (Å²) < 4.78 is 33.4. The number of nitrogens with zero attached hydrogens (tertiary/aromatic N) is 1. The van der Waals surface area contributed by atoms with Crippen LogP contribution in [0.5, 0.6) is 5.75 Å². The molecule has 1 saturated carbocycles. The van der Waals surface area contributed by atoms with E-state index in [0.29, 0.717) is 22.5 Å². The molecule has 1 aliphatic rings. The van der Waals surface area contributed by atoms with Crippen LogP contribution in [0.25, 0.3) is 0 Å². The van der Waals surface area contributed by atoms with Gasteiger partial charge in [-0.25, -0.2) is 8.42 Å². The molecule has 0 unspecified atom stereocenters. The monoisotopic (exact) mass is 376 g/mol. The van der Waals surface area contributed by atoms with Crippen LogP contribution in [0.3, 0.4) is 0 Å². The maximum atomic E-state index is 13.0. The number of nitrogens with two attached hydrogens (primary N) is 1. The lowest BCUT2D eigenvalue weighted by Crippen LogP contribution is -2.38. The Morgan fingerprint density at radius 2 is 2.00 bits per heavy atom. The van der Waals surface area contributed by atoms with Crippen LogP contribution in [0.4, 0.5) is 5.69 Å². The average molecular weight is 377 g/mol. The van der Waals surface area contributed by atoms with Gasteiger partial charge in [0.1, 0.15) is 10.6 Å². The molecule has 0 radical (unpaired) electrons.